The van der Waals surface area contributed by atoms with E-state index in [1.54, 1.807) is 13.8 Å². The zero-order valence-corrected chi connectivity index (χ0v) is 11.9. The van der Waals surface area contributed by atoms with Crippen molar-refractivity contribution in [3.63, 3.8) is 0 Å². The Bertz CT molecular complexity index is 462. The zero-order valence-electron chi connectivity index (χ0n) is 10.3. The topological polar surface area (TPSA) is 72.2 Å². The van der Waals surface area contributed by atoms with E-state index in [0.29, 0.717) is 5.69 Å². The molecule has 0 aliphatic carbocycles. The van der Waals surface area contributed by atoms with Crippen LogP contribution in [0.5, 0.6) is 0 Å². The molecule has 1 unspecified atom stereocenters. The van der Waals surface area contributed by atoms with Gasteiger partial charge in [-0.25, -0.2) is 13.1 Å². The predicted octanol–water partition coefficient (Wildman–Crippen LogP) is 1.83. The van der Waals surface area contributed by atoms with Crippen LogP contribution in [0.1, 0.15) is 25.3 Å². The monoisotopic (exact) mass is 280 g/mol. The molecule has 98 valence electrons. The molecule has 1 heterocycles. The molecule has 1 aromatic heterocycles. The second-order valence-electron chi connectivity index (χ2n) is 4.28. The van der Waals surface area contributed by atoms with Gasteiger partial charge < -0.3 is 4.52 Å². The zero-order chi connectivity index (χ0) is 13.2. The first-order valence-corrected chi connectivity index (χ1v) is 7.32. The Morgan fingerprint density at radius 2 is 2.00 bits per heavy atom. The van der Waals surface area contributed by atoms with Crippen LogP contribution in [0.15, 0.2) is 9.42 Å². The molecule has 17 heavy (non-hydrogen) atoms. The molecule has 0 saturated heterocycles. The number of nitrogens with zero attached hydrogens (tertiary/aromatic N) is 1. The maximum absolute atomic E-state index is 12.1. The highest BCUT2D eigenvalue weighted by molar-refractivity contribution is 7.89. The van der Waals surface area contributed by atoms with E-state index in [4.69, 9.17) is 16.1 Å². The third-order valence-corrected chi connectivity index (χ3v) is 4.58. The Morgan fingerprint density at radius 3 is 2.35 bits per heavy atom. The van der Waals surface area contributed by atoms with Crippen molar-refractivity contribution < 1.29 is 12.9 Å². The summed E-state index contributed by atoms with van der Waals surface area (Å²) in [5, 5.41) is 3.63. The summed E-state index contributed by atoms with van der Waals surface area (Å²) >= 11 is 5.74. The number of nitrogens with one attached hydrogen (secondary N) is 1. The van der Waals surface area contributed by atoms with E-state index in [1.165, 1.54) is 0 Å². The average Bonchev–Trinajstić information content (AvgIpc) is 2.55. The van der Waals surface area contributed by atoms with Gasteiger partial charge in [0.2, 0.25) is 10.0 Å². The Hall–Kier alpha value is -0.590. The van der Waals surface area contributed by atoms with Crippen LogP contribution in [0.25, 0.3) is 0 Å². The van der Waals surface area contributed by atoms with E-state index in [9.17, 15) is 8.42 Å². The van der Waals surface area contributed by atoms with Crippen molar-refractivity contribution >= 4 is 21.6 Å². The van der Waals surface area contributed by atoms with Gasteiger partial charge in [0, 0.05) is 11.9 Å². The molecule has 5 nitrogen and oxygen atoms in total. The van der Waals surface area contributed by atoms with E-state index in [0.717, 1.165) is 0 Å². The lowest BCUT2D eigenvalue weighted by molar-refractivity contribution is 0.390. The van der Waals surface area contributed by atoms with Gasteiger partial charge in [-0.05, 0) is 19.8 Å². The average molecular weight is 281 g/mol. The normalized spacial score (nSPS) is 14.2. The van der Waals surface area contributed by atoms with Crippen LogP contribution in [0.3, 0.4) is 0 Å². The summed E-state index contributed by atoms with van der Waals surface area (Å²) in [7, 11) is -3.63. The van der Waals surface area contributed by atoms with Crippen molar-refractivity contribution in [1.82, 2.24) is 9.88 Å². The highest BCUT2D eigenvalue weighted by Gasteiger charge is 2.27. The first-order chi connectivity index (χ1) is 7.79. The minimum absolute atomic E-state index is 0.105. The molecule has 0 aliphatic rings. The molecule has 0 amide bonds. The van der Waals surface area contributed by atoms with Gasteiger partial charge in [-0.3, -0.25) is 0 Å². The van der Waals surface area contributed by atoms with Gasteiger partial charge in [0.05, 0.1) is 0 Å². The molecule has 0 radical (unpaired) electrons. The van der Waals surface area contributed by atoms with Gasteiger partial charge in [0.1, 0.15) is 10.6 Å². The minimum atomic E-state index is -3.63. The van der Waals surface area contributed by atoms with Gasteiger partial charge in [0.15, 0.2) is 5.76 Å². The largest absolute Gasteiger partial charge is 0.360 e. The number of alkyl halides is 1. The molecule has 0 spiro atoms. The van der Waals surface area contributed by atoms with E-state index < -0.39 is 10.0 Å². The van der Waals surface area contributed by atoms with E-state index in [2.05, 4.69) is 9.88 Å². The molecule has 0 bridgehead atoms. The van der Waals surface area contributed by atoms with Crippen molar-refractivity contribution in [1.29, 1.82) is 0 Å². The van der Waals surface area contributed by atoms with E-state index in [-0.39, 0.29) is 28.5 Å². The Labute approximate surface area is 107 Å². The first kappa shape index (κ1) is 14.5. The molecule has 1 atom stereocenters. The van der Waals surface area contributed by atoms with Crippen molar-refractivity contribution in [2.24, 2.45) is 5.92 Å². The summed E-state index contributed by atoms with van der Waals surface area (Å²) in [5.74, 6) is 0.620. The maximum Gasteiger partial charge on any atom is 0.246 e. The molecule has 1 rings (SSSR count). The highest BCUT2D eigenvalue weighted by atomic mass is 35.5. The quantitative estimate of drug-likeness (QED) is 0.835. The van der Waals surface area contributed by atoms with Gasteiger partial charge in [0.25, 0.3) is 0 Å². The van der Waals surface area contributed by atoms with Crippen LogP contribution >= 0.6 is 11.6 Å². The molecule has 0 aliphatic heterocycles. The minimum Gasteiger partial charge on any atom is -0.360 e. The summed E-state index contributed by atoms with van der Waals surface area (Å²) in [5.41, 5.74) is 0.354. The van der Waals surface area contributed by atoms with Crippen molar-refractivity contribution in [3.05, 3.63) is 11.5 Å². The molecule has 0 aromatic carbocycles. The lowest BCUT2D eigenvalue weighted by Crippen LogP contribution is -2.40. The van der Waals surface area contributed by atoms with Gasteiger partial charge in [-0.15, -0.1) is 11.6 Å². The smallest absolute Gasteiger partial charge is 0.246 e. The van der Waals surface area contributed by atoms with Crippen LogP contribution in [-0.4, -0.2) is 25.5 Å². The number of aromatic nitrogens is 1. The van der Waals surface area contributed by atoms with E-state index in [1.807, 2.05) is 13.8 Å². The summed E-state index contributed by atoms with van der Waals surface area (Å²) in [6.07, 6.45) is 0. The number of halogens is 1. The van der Waals surface area contributed by atoms with Crippen molar-refractivity contribution in [2.75, 3.05) is 5.88 Å². The molecule has 0 saturated carbocycles. The molecular weight excluding hydrogens is 264 g/mol. The predicted molar refractivity (Wildman–Crippen MR) is 65.6 cm³/mol. The molecule has 1 aromatic rings. The fourth-order valence-electron chi connectivity index (χ4n) is 1.46. The number of rotatable bonds is 5. The fourth-order valence-corrected chi connectivity index (χ4v) is 3.70. The fraction of sp³-hybridized carbons (Fsp3) is 0.700. The number of sulfonamides is 1. The highest BCUT2D eigenvalue weighted by Crippen LogP contribution is 2.20. The SMILES string of the molecule is Cc1noc(C)c1S(=O)(=O)NC(CCl)C(C)C. The Kier molecular flexibility index (Phi) is 4.57. The molecule has 7 heteroatoms. The van der Waals surface area contributed by atoms with Crippen LogP contribution in [0.2, 0.25) is 0 Å². The van der Waals surface area contributed by atoms with Crippen molar-refractivity contribution in [3.8, 4) is 0 Å². The van der Waals surface area contributed by atoms with Crippen LogP contribution in [0.4, 0.5) is 0 Å². The van der Waals surface area contributed by atoms with Gasteiger partial charge in [-0.2, -0.15) is 0 Å². The standard InChI is InChI=1S/C10H17ClN2O3S/c1-6(2)9(5-11)13-17(14,15)10-7(3)12-16-8(10)4/h6,9,13H,5H2,1-4H3. The maximum atomic E-state index is 12.1. The summed E-state index contributed by atoms with van der Waals surface area (Å²) < 4.78 is 31.7. The second kappa shape index (κ2) is 5.37. The lowest BCUT2D eigenvalue weighted by Gasteiger charge is -2.19. The van der Waals surface area contributed by atoms with Crippen LogP contribution < -0.4 is 4.72 Å². The number of hydrogen-bond donors (Lipinski definition) is 1. The van der Waals surface area contributed by atoms with Gasteiger partial charge >= 0.3 is 0 Å². The second-order valence-corrected chi connectivity index (χ2v) is 6.24. The van der Waals surface area contributed by atoms with Crippen LogP contribution in [0, 0.1) is 19.8 Å². The lowest BCUT2D eigenvalue weighted by atomic mass is 10.1. The third kappa shape index (κ3) is 3.20. The Balaban J connectivity index is 3.05. The van der Waals surface area contributed by atoms with Crippen LogP contribution in [-0.2, 0) is 10.0 Å². The summed E-state index contributed by atoms with van der Waals surface area (Å²) in [6.45, 7) is 6.97. The summed E-state index contributed by atoms with van der Waals surface area (Å²) in [4.78, 5) is 0.105. The number of aryl methyl sites for hydroxylation is 2. The molecule has 1 N–H and O–H groups in total. The number of hydrogen-bond acceptors (Lipinski definition) is 4. The van der Waals surface area contributed by atoms with E-state index >= 15 is 0 Å². The van der Waals surface area contributed by atoms with Gasteiger partial charge in [-0.1, -0.05) is 19.0 Å². The molecule has 0 fully saturated rings. The Morgan fingerprint density at radius 1 is 1.41 bits per heavy atom. The molecular formula is C10H17ClN2O3S. The summed E-state index contributed by atoms with van der Waals surface area (Å²) in [6, 6.07) is -0.310. The first-order valence-electron chi connectivity index (χ1n) is 5.30. The third-order valence-electron chi connectivity index (χ3n) is 2.51. The van der Waals surface area contributed by atoms with Crippen molar-refractivity contribution in [2.45, 2.75) is 38.6 Å².